The van der Waals surface area contributed by atoms with E-state index in [4.69, 9.17) is 4.42 Å². The SMILES string of the molecule is CCCn1c(C)nc2cc(-c3ccc(C=O)o3)ccc21. The second-order valence-corrected chi connectivity index (χ2v) is 4.83. The third-order valence-electron chi connectivity index (χ3n) is 3.41. The first-order valence-corrected chi connectivity index (χ1v) is 6.75. The van der Waals surface area contributed by atoms with Crippen molar-refractivity contribution in [2.24, 2.45) is 0 Å². The van der Waals surface area contributed by atoms with E-state index in [0.717, 1.165) is 35.4 Å². The number of hydrogen-bond donors (Lipinski definition) is 0. The molecule has 0 unspecified atom stereocenters. The number of nitrogens with zero attached hydrogens (tertiary/aromatic N) is 2. The number of furan rings is 1. The number of aldehydes is 1. The average Bonchev–Trinajstić information content (AvgIpc) is 3.04. The van der Waals surface area contributed by atoms with E-state index in [1.54, 1.807) is 12.1 Å². The predicted octanol–water partition coefficient (Wildman–Crippen LogP) is 3.83. The summed E-state index contributed by atoms with van der Waals surface area (Å²) < 4.78 is 7.67. The summed E-state index contributed by atoms with van der Waals surface area (Å²) in [7, 11) is 0. The lowest BCUT2D eigenvalue weighted by Crippen LogP contribution is -1.98. The van der Waals surface area contributed by atoms with Crippen molar-refractivity contribution in [2.45, 2.75) is 26.8 Å². The average molecular weight is 268 g/mol. The maximum atomic E-state index is 10.7. The number of carbonyl (C=O) groups is 1. The van der Waals surface area contributed by atoms with Crippen LogP contribution < -0.4 is 0 Å². The van der Waals surface area contributed by atoms with Gasteiger partial charge >= 0.3 is 0 Å². The summed E-state index contributed by atoms with van der Waals surface area (Å²) in [6, 6.07) is 9.54. The molecular formula is C16H16N2O2. The van der Waals surface area contributed by atoms with Gasteiger partial charge in [0, 0.05) is 12.1 Å². The van der Waals surface area contributed by atoms with Crippen molar-refractivity contribution in [3.05, 3.63) is 41.9 Å². The molecule has 0 radical (unpaired) electrons. The van der Waals surface area contributed by atoms with Crippen LogP contribution in [0.4, 0.5) is 0 Å². The fourth-order valence-corrected chi connectivity index (χ4v) is 2.48. The second-order valence-electron chi connectivity index (χ2n) is 4.83. The molecule has 20 heavy (non-hydrogen) atoms. The molecular weight excluding hydrogens is 252 g/mol. The first-order chi connectivity index (χ1) is 9.72. The summed E-state index contributed by atoms with van der Waals surface area (Å²) >= 11 is 0. The van der Waals surface area contributed by atoms with Crippen LogP contribution >= 0.6 is 0 Å². The molecule has 102 valence electrons. The number of benzene rings is 1. The Morgan fingerprint density at radius 1 is 1.30 bits per heavy atom. The minimum absolute atomic E-state index is 0.341. The molecule has 0 saturated carbocycles. The van der Waals surface area contributed by atoms with Crippen LogP contribution in [-0.4, -0.2) is 15.8 Å². The number of carbonyl (C=O) groups excluding carboxylic acids is 1. The van der Waals surface area contributed by atoms with Gasteiger partial charge in [-0.15, -0.1) is 0 Å². The summed E-state index contributed by atoms with van der Waals surface area (Å²) in [6.45, 7) is 5.15. The van der Waals surface area contributed by atoms with Gasteiger partial charge in [0.2, 0.25) is 0 Å². The third kappa shape index (κ3) is 2.03. The zero-order chi connectivity index (χ0) is 14.1. The van der Waals surface area contributed by atoms with E-state index in [1.807, 2.05) is 19.1 Å². The van der Waals surface area contributed by atoms with Crippen LogP contribution in [0.3, 0.4) is 0 Å². The Morgan fingerprint density at radius 2 is 2.15 bits per heavy atom. The Balaban J connectivity index is 2.09. The molecule has 0 N–H and O–H groups in total. The van der Waals surface area contributed by atoms with Gasteiger partial charge in [0.05, 0.1) is 11.0 Å². The second kappa shape index (κ2) is 4.96. The minimum atomic E-state index is 0.341. The van der Waals surface area contributed by atoms with Crippen LogP contribution in [0.5, 0.6) is 0 Å². The predicted molar refractivity (Wildman–Crippen MR) is 77.9 cm³/mol. The smallest absolute Gasteiger partial charge is 0.185 e. The molecule has 0 aliphatic heterocycles. The molecule has 0 spiro atoms. The Labute approximate surface area is 117 Å². The van der Waals surface area contributed by atoms with Crippen molar-refractivity contribution in [1.29, 1.82) is 0 Å². The zero-order valence-corrected chi connectivity index (χ0v) is 11.6. The number of aryl methyl sites for hydroxylation is 2. The Hall–Kier alpha value is -2.36. The zero-order valence-electron chi connectivity index (χ0n) is 11.6. The van der Waals surface area contributed by atoms with E-state index in [9.17, 15) is 4.79 Å². The molecule has 3 aromatic rings. The molecule has 4 nitrogen and oxygen atoms in total. The van der Waals surface area contributed by atoms with Crippen molar-refractivity contribution in [1.82, 2.24) is 9.55 Å². The number of hydrogen-bond acceptors (Lipinski definition) is 3. The topological polar surface area (TPSA) is 48.0 Å². The van der Waals surface area contributed by atoms with Gasteiger partial charge in [-0.05, 0) is 43.7 Å². The highest BCUT2D eigenvalue weighted by Crippen LogP contribution is 2.26. The van der Waals surface area contributed by atoms with E-state index in [2.05, 4.69) is 22.5 Å². The van der Waals surface area contributed by atoms with Crippen molar-refractivity contribution in [3.63, 3.8) is 0 Å². The van der Waals surface area contributed by atoms with Crippen molar-refractivity contribution in [2.75, 3.05) is 0 Å². The highest BCUT2D eigenvalue weighted by Gasteiger charge is 2.10. The fourth-order valence-electron chi connectivity index (χ4n) is 2.48. The molecule has 1 aromatic carbocycles. The molecule has 4 heteroatoms. The van der Waals surface area contributed by atoms with Crippen molar-refractivity contribution < 1.29 is 9.21 Å². The van der Waals surface area contributed by atoms with Gasteiger partial charge in [0.1, 0.15) is 11.6 Å². The third-order valence-corrected chi connectivity index (χ3v) is 3.41. The van der Waals surface area contributed by atoms with Gasteiger partial charge in [-0.2, -0.15) is 0 Å². The number of imidazole rings is 1. The molecule has 2 aromatic heterocycles. The van der Waals surface area contributed by atoms with E-state index in [0.29, 0.717) is 17.8 Å². The van der Waals surface area contributed by atoms with Gasteiger partial charge in [-0.25, -0.2) is 4.98 Å². The Morgan fingerprint density at radius 3 is 2.85 bits per heavy atom. The normalized spacial score (nSPS) is 11.1. The molecule has 0 aliphatic carbocycles. The number of fused-ring (bicyclic) bond motifs is 1. The highest BCUT2D eigenvalue weighted by atomic mass is 16.3. The van der Waals surface area contributed by atoms with Crippen LogP contribution in [0.1, 0.15) is 29.7 Å². The number of rotatable bonds is 4. The minimum Gasteiger partial charge on any atom is -0.453 e. The van der Waals surface area contributed by atoms with Crippen molar-refractivity contribution >= 4 is 17.3 Å². The Bertz CT molecular complexity index is 768. The van der Waals surface area contributed by atoms with Gasteiger partial charge in [0.25, 0.3) is 0 Å². The lowest BCUT2D eigenvalue weighted by molar-refractivity contribution is 0.110. The van der Waals surface area contributed by atoms with E-state index < -0.39 is 0 Å². The first-order valence-electron chi connectivity index (χ1n) is 6.75. The van der Waals surface area contributed by atoms with Crippen LogP contribution in [0.25, 0.3) is 22.4 Å². The lowest BCUT2D eigenvalue weighted by Gasteiger charge is -2.04. The first kappa shape index (κ1) is 12.7. The molecule has 0 atom stereocenters. The summed E-state index contributed by atoms with van der Waals surface area (Å²) in [6.07, 6.45) is 1.79. The molecule has 0 aliphatic rings. The van der Waals surface area contributed by atoms with E-state index in [1.165, 1.54) is 0 Å². The summed E-state index contributed by atoms with van der Waals surface area (Å²) in [5, 5.41) is 0. The molecule has 0 amide bonds. The van der Waals surface area contributed by atoms with Gasteiger partial charge < -0.3 is 8.98 Å². The molecule has 0 fully saturated rings. The molecule has 0 saturated heterocycles. The monoisotopic (exact) mass is 268 g/mol. The maximum absolute atomic E-state index is 10.7. The van der Waals surface area contributed by atoms with Gasteiger partial charge in [-0.3, -0.25) is 4.79 Å². The van der Waals surface area contributed by atoms with Crippen LogP contribution in [-0.2, 0) is 6.54 Å². The summed E-state index contributed by atoms with van der Waals surface area (Å²) in [5.41, 5.74) is 3.03. The maximum Gasteiger partial charge on any atom is 0.185 e. The van der Waals surface area contributed by atoms with Crippen molar-refractivity contribution in [3.8, 4) is 11.3 Å². The lowest BCUT2D eigenvalue weighted by atomic mass is 10.1. The van der Waals surface area contributed by atoms with Gasteiger partial charge in [-0.1, -0.05) is 6.92 Å². The molecule has 0 bridgehead atoms. The Kier molecular flexibility index (Phi) is 3.14. The quantitative estimate of drug-likeness (QED) is 0.676. The fraction of sp³-hybridized carbons (Fsp3) is 0.250. The van der Waals surface area contributed by atoms with Crippen LogP contribution in [0.15, 0.2) is 34.7 Å². The summed E-state index contributed by atoms with van der Waals surface area (Å²) in [4.78, 5) is 15.3. The standard InChI is InChI=1S/C16H16N2O2/c1-3-8-18-11(2)17-14-9-12(4-6-15(14)18)16-7-5-13(10-19)20-16/h4-7,9-10H,3,8H2,1-2H3. The van der Waals surface area contributed by atoms with Crippen LogP contribution in [0.2, 0.25) is 0 Å². The van der Waals surface area contributed by atoms with Gasteiger partial charge in [0.15, 0.2) is 12.0 Å². The molecule has 3 rings (SSSR count). The van der Waals surface area contributed by atoms with E-state index in [-0.39, 0.29) is 0 Å². The van der Waals surface area contributed by atoms with Crippen LogP contribution in [0, 0.1) is 6.92 Å². The molecule has 2 heterocycles. The highest BCUT2D eigenvalue weighted by molar-refractivity contribution is 5.82. The number of aromatic nitrogens is 2. The summed E-state index contributed by atoms with van der Waals surface area (Å²) in [5.74, 6) is 2.05. The largest absolute Gasteiger partial charge is 0.453 e. The van der Waals surface area contributed by atoms with E-state index >= 15 is 0 Å².